The third-order valence-corrected chi connectivity index (χ3v) is 4.87. The van der Waals surface area contributed by atoms with E-state index < -0.39 is 11.7 Å². The molecule has 0 bridgehead atoms. The van der Waals surface area contributed by atoms with Gasteiger partial charge in [0.15, 0.2) is 0 Å². The summed E-state index contributed by atoms with van der Waals surface area (Å²) in [6.45, 7) is 1.58. The van der Waals surface area contributed by atoms with Gasteiger partial charge in [-0.25, -0.2) is 0 Å². The summed E-state index contributed by atoms with van der Waals surface area (Å²) in [6.07, 6.45) is -1.15. The van der Waals surface area contributed by atoms with E-state index in [4.69, 9.17) is 4.74 Å². The number of hydrogen-bond donors (Lipinski definition) is 0. The van der Waals surface area contributed by atoms with Crippen LogP contribution in [0.1, 0.15) is 18.4 Å². The van der Waals surface area contributed by atoms with Crippen LogP contribution >= 0.6 is 0 Å². The van der Waals surface area contributed by atoms with Crippen molar-refractivity contribution in [2.45, 2.75) is 25.1 Å². The Labute approximate surface area is 155 Å². The summed E-state index contributed by atoms with van der Waals surface area (Å²) >= 11 is 0. The second-order valence-corrected chi connectivity index (χ2v) is 6.68. The molecule has 2 aromatic carbocycles. The first-order valence-corrected chi connectivity index (χ1v) is 8.93. The van der Waals surface area contributed by atoms with Crippen LogP contribution in [0.2, 0.25) is 0 Å². The minimum atomic E-state index is -4.36. The molecule has 0 unspecified atom stereocenters. The average molecular weight is 372 g/mol. The van der Waals surface area contributed by atoms with E-state index in [1.807, 2.05) is 18.2 Å². The van der Waals surface area contributed by atoms with E-state index in [0.717, 1.165) is 54.7 Å². The molecule has 1 saturated heterocycles. The van der Waals surface area contributed by atoms with Gasteiger partial charge >= 0.3 is 6.18 Å². The van der Waals surface area contributed by atoms with E-state index in [2.05, 4.69) is 22.0 Å². The lowest BCUT2D eigenvalue weighted by molar-refractivity contribution is -0.137. The highest BCUT2D eigenvalue weighted by atomic mass is 19.4. The topological polar surface area (TPSA) is 25.4 Å². The molecule has 1 aliphatic heterocycles. The number of piperidine rings is 1. The molecule has 2 heterocycles. The van der Waals surface area contributed by atoms with Crippen molar-refractivity contribution in [1.29, 1.82) is 0 Å². The maximum Gasteiger partial charge on any atom is 0.416 e. The Hall–Kier alpha value is -2.76. The lowest BCUT2D eigenvalue weighted by Gasteiger charge is -2.34. The minimum absolute atomic E-state index is 0.0853. The Balaban J connectivity index is 1.44. The zero-order valence-electron chi connectivity index (χ0n) is 14.6. The van der Waals surface area contributed by atoms with Crippen molar-refractivity contribution in [2.24, 2.45) is 0 Å². The monoisotopic (exact) mass is 372 g/mol. The van der Waals surface area contributed by atoms with Crippen molar-refractivity contribution in [3.05, 3.63) is 66.4 Å². The molecule has 1 fully saturated rings. The lowest BCUT2D eigenvalue weighted by atomic mass is 10.0. The van der Waals surface area contributed by atoms with Crippen molar-refractivity contribution in [2.75, 3.05) is 18.0 Å². The fourth-order valence-corrected chi connectivity index (χ4v) is 3.52. The van der Waals surface area contributed by atoms with E-state index in [0.29, 0.717) is 0 Å². The van der Waals surface area contributed by atoms with Crippen molar-refractivity contribution >= 4 is 16.6 Å². The first kappa shape index (κ1) is 17.6. The Morgan fingerprint density at radius 3 is 2.52 bits per heavy atom. The van der Waals surface area contributed by atoms with Crippen molar-refractivity contribution in [3.8, 4) is 5.75 Å². The van der Waals surface area contributed by atoms with Crippen LogP contribution in [0, 0.1) is 0 Å². The number of aromatic nitrogens is 1. The number of hydrogen-bond acceptors (Lipinski definition) is 3. The predicted octanol–water partition coefficient (Wildman–Crippen LogP) is 5.30. The molecule has 0 saturated carbocycles. The minimum Gasteiger partial charge on any atom is -0.490 e. The van der Waals surface area contributed by atoms with Gasteiger partial charge in [-0.3, -0.25) is 4.98 Å². The third kappa shape index (κ3) is 3.84. The van der Waals surface area contributed by atoms with Gasteiger partial charge in [-0.1, -0.05) is 12.1 Å². The first-order chi connectivity index (χ1) is 13.0. The highest BCUT2D eigenvalue weighted by Gasteiger charge is 2.31. The van der Waals surface area contributed by atoms with Gasteiger partial charge in [0.2, 0.25) is 0 Å². The number of halogens is 3. The number of nitrogens with zero attached hydrogens (tertiary/aromatic N) is 2. The van der Waals surface area contributed by atoms with Crippen LogP contribution in [0.3, 0.4) is 0 Å². The van der Waals surface area contributed by atoms with Crippen molar-refractivity contribution in [3.63, 3.8) is 0 Å². The molecule has 0 atom stereocenters. The van der Waals surface area contributed by atoms with Gasteiger partial charge in [-0.2, -0.15) is 13.2 Å². The first-order valence-electron chi connectivity index (χ1n) is 8.93. The second-order valence-electron chi connectivity index (χ2n) is 6.68. The number of anilines is 1. The Morgan fingerprint density at radius 1 is 0.963 bits per heavy atom. The molecule has 6 heteroatoms. The lowest BCUT2D eigenvalue weighted by Crippen LogP contribution is -2.38. The van der Waals surface area contributed by atoms with Crippen molar-refractivity contribution in [1.82, 2.24) is 4.98 Å². The van der Waals surface area contributed by atoms with E-state index in [1.54, 1.807) is 12.3 Å². The van der Waals surface area contributed by atoms with Crippen LogP contribution < -0.4 is 9.64 Å². The molecule has 0 amide bonds. The van der Waals surface area contributed by atoms with E-state index in [9.17, 15) is 13.2 Å². The summed E-state index contributed by atoms with van der Waals surface area (Å²) in [5.74, 6) is 0.276. The smallest absolute Gasteiger partial charge is 0.416 e. The summed E-state index contributed by atoms with van der Waals surface area (Å²) in [5, 5.41) is 1.11. The fourth-order valence-electron chi connectivity index (χ4n) is 3.52. The van der Waals surface area contributed by atoms with Crippen molar-refractivity contribution < 1.29 is 17.9 Å². The summed E-state index contributed by atoms with van der Waals surface area (Å²) < 4.78 is 44.4. The van der Waals surface area contributed by atoms with Gasteiger partial charge in [-0.15, -0.1) is 0 Å². The highest BCUT2D eigenvalue weighted by Crippen LogP contribution is 2.33. The predicted molar refractivity (Wildman–Crippen MR) is 99.1 cm³/mol. The molecule has 1 aromatic heterocycles. The number of fused-ring (bicyclic) bond motifs is 1. The molecule has 3 aromatic rings. The fraction of sp³-hybridized carbons (Fsp3) is 0.286. The third-order valence-electron chi connectivity index (χ3n) is 4.87. The number of rotatable bonds is 3. The summed E-state index contributed by atoms with van der Waals surface area (Å²) in [5.41, 5.74) is 1.41. The van der Waals surface area contributed by atoms with E-state index in [1.165, 1.54) is 6.07 Å². The molecule has 0 aliphatic carbocycles. The van der Waals surface area contributed by atoms with Gasteiger partial charge in [-0.05, 0) is 42.5 Å². The van der Waals surface area contributed by atoms with Crippen LogP contribution in [0.4, 0.5) is 18.9 Å². The molecule has 0 spiro atoms. The zero-order chi connectivity index (χ0) is 18.9. The van der Waals surface area contributed by atoms with Gasteiger partial charge < -0.3 is 9.64 Å². The summed E-state index contributed by atoms with van der Waals surface area (Å²) in [6, 6.07) is 15.1. The number of alkyl halides is 3. The molecular formula is C21H19F3N2O. The summed E-state index contributed by atoms with van der Waals surface area (Å²) in [7, 11) is 0. The quantitative estimate of drug-likeness (QED) is 0.624. The average Bonchev–Trinajstić information content (AvgIpc) is 2.68. The van der Waals surface area contributed by atoms with Crippen LogP contribution in [0.25, 0.3) is 10.9 Å². The standard InChI is InChI=1S/C21H19F3N2O/c22-21(23,24)15-4-1-5-17(14-15)27-16-9-12-26(13-10-16)20-8-2-7-19-18(20)6-3-11-25-19/h1-8,11,14,16H,9-10,12-13H2. The second kappa shape index (κ2) is 7.10. The number of pyridine rings is 1. The molecule has 0 radical (unpaired) electrons. The summed E-state index contributed by atoms with van der Waals surface area (Å²) in [4.78, 5) is 6.68. The van der Waals surface area contributed by atoms with E-state index in [-0.39, 0.29) is 11.9 Å². The molecule has 4 rings (SSSR count). The molecule has 3 nitrogen and oxygen atoms in total. The molecule has 140 valence electrons. The molecule has 0 N–H and O–H groups in total. The molecular weight excluding hydrogens is 353 g/mol. The number of ether oxygens (including phenoxy) is 1. The molecule has 27 heavy (non-hydrogen) atoms. The van der Waals surface area contributed by atoms with Gasteiger partial charge in [0.1, 0.15) is 11.9 Å². The van der Waals surface area contributed by atoms with Crippen LogP contribution in [0.5, 0.6) is 5.75 Å². The largest absolute Gasteiger partial charge is 0.490 e. The highest BCUT2D eigenvalue weighted by molar-refractivity contribution is 5.91. The Kier molecular flexibility index (Phi) is 4.64. The van der Waals surface area contributed by atoms with Crippen LogP contribution in [0.15, 0.2) is 60.8 Å². The number of benzene rings is 2. The van der Waals surface area contributed by atoms with Crippen LogP contribution in [-0.4, -0.2) is 24.2 Å². The SMILES string of the molecule is FC(F)(F)c1cccc(OC2CCN(c3cccc4ncccc34)CC2)c1. The Morgan fingerprint density at radius 2 is 1.74 bits per heavy atom. The van der Waals surface area contributed by atoms with Crippen LogP contribution in [-0.2, 0) is 6.18 Å². The normalized spacial score (nSPS) is 15.9. The zero-order valence-corrected chi connectivity index (χ0v) is 14.6. The maximum atomic E-state index is 12.8. The van der Waals surface area contributed by atoms with E-state index >= 15 is 0 Å². The van der Waals surface area contributed by atoms with Gasteiger partial charge in [0.05, 0.1) is 11.1 Å². The van der Waals surface area contributed by atoms with Gasteiger partial charge in [0, 0.05) is 43.2 Å². The van der Waals surface area contributed by atoms with Gasteiger partial charge in [0.25, 0.3) is 0 Å². The molecule has 1 aliphatic rings. The maximum absolute atomic E-state index is 12.8. The Bertz CT molecular complexity index is 929.